The van der Waals surface area contributed by atoms with Gasteiger partial charge in [0.2, 0.25) is 0 Å². The van der Waals surface area contributed by atoms with Crippen LogP contribution in [-0.4, -0.2) is 16.2 Å². The number of unbranched alkanes of at least 4 members (excludes halogenated alkanes) is 3. The number of fused-ring (bicyclic) bond motifs is 1. The normalized spacial score (nSPS) is 11.1. The Labute approximate surface area is 189 Å². The molecule has 0 saturated carbocycles. The van der Waals surface area contributed by atoms with E-state index in [0.717, 1.165) is 41.0 Å². The van der Waals surface area contributed by atoms with E-state index in [1.165, 1.54) is 12.8 Å². The Morgan fingerprint density at radius 2 is 1.59 bits per heavy atom. The molecule has 0 atom stereocenters. The summed E-state index contributed by atoms with van der Waals surface area (Å²) in [5.41, 5.74) is 4.46. The molecule has 0 aliphatic heterocycles. The Kier molecular flexibility index (Phi) is 6.69. The second kappa shape index (κ2) is 9.82. The molecule has 4 nitrogen and oxygen atoms in total. The van der Waals surface area contributed by atoms with Gasteiger partial charge in [-0.2, -0.15) is 0 Å². The van der Waals surface area contributed by atoms with Gasteiger partial charge in [0, 0.05) is 0 Å². The maximum Gasteiger partial charge on any atom is 0.266 e. The molecule has 1 aromatic heterocycles. The van der Waals surface area contributed by atoms with Gasteiger partial charge in [0.05, 0.1) is 28.8 Å². The number of ether oxygens (including phenoxy) is 1. The summed E-state index contributed by atoms with van der Waals surface area (Å²) in [5.74, 6) is 1.35. The molecule has 0 radical (unpaired) electrons. The Bertz CT molecular complexity index is 1270. The van der Waals surface area contributed by atoms with E-state index in [-0.39, 0.29) is 5.56 Å². The van der Waals surface area contributed by atoms with Crippen LogP contribution >= 0.6 is 0 Å². The lowest BCUT2D eigenvalue weighted by atomic mass is 10.1. The topological polar surface area (TPSA) is 44.1 Å². The molecule has 0 aliphatic carbocycles. The van der Waals surface area contributed by atoms with Crippen LogP contribution in [-0.2, 0) is 0 Å². The number of nitrogens with zero attached hydrogens (tertiary/aromatic N) is 2. The third-order valence-corrected chi connectivity index (χ3v) is 5.62. The highest BCUT2D eigenvalue weighted by Gasteiger charge is 2.18. The van der Waals surface area contributed by atoms with Crippen molar-refractivity contribution in [3.05, 3.63) is 88.2 Å². The van der Waals surface area contributed by atoms with Gasteiger partial charge in [-0.1, -0.05) is 56.5 Å². The van der Waals surface area contributed by atoms with Crippen LogP contribution in [0, 0.1) is 13.8 Å². The zero-order chi connectivity index (χ0) is 22.5. The predicted octanol–water partition coefficient (Wildman–Crippen LogP) is 6.63. The molecule has 164 valence electrons. The molecule has 4 rings (SSSR count). The monoisotopic (exact) mass is 426 g/mol. The molecule has 0 fully saturated rings. The highest BCUT2D eigenvalue weighted by atomic mass is 16.5. The number of rotatable bonds is 8. The van der Waals surface area contributed by atoms with E-state index in [4.69, 9.17) is 9.72 Å². The molecule has 3 aromatic carbocycles. The maximum atomic E-state index is 13.7. The van der Waals surface area contributed by atoms with Crippen LogP contribution in [0.1, 0.15) is 43.7 Å². The first-order valence-corrected chi connectivity index (χ1v) is 11.4. The van der Waals surface area contributed by atoms with Crippen molar-refractivity contribution in [3.63, 3.8) is 0 Å². The van der Waals surface area contributed by atoms with E-state index >= 15 is 0 Å². The Morgan fingerprint density at radius 1 is 0.875 bits per heavy atom. The molecule has 0 aliphatic rings. The number of hydrogen-bond donors (Lipinski definition) is 0. The van der Waals surface area contributed by atoms with Crippen LogP contribution in [0.4, 0.5) is 0 Å². The van der Waals surface area contributed by atoms with Crippen molar-refractivity contribution in [1.29, 1.82) is 0 Å². The third kappa shape index (κ3) is 4.59. The van der Waals surface area contributed by atoms with Gasteiger partial charge in [-0.05, 0) is 67.8 Å². The van der Waals surface area contributed by atoms with Crippen LogP contribution < -0.4 is 10.3 Å². The first-order valence-electron chi connectivity index (χ1n) is 11.4. The van der Waals surface area contributed by atoms with Gasteiger partial charge in [-0.25, -0.2) is 4.98 Å². The first-order chi connectivity index (χ1) is 15.6. The van der Waals surface area contributed by atoms with E-state index in [2.05, 4.69) is 13.0 Å². The zero-order valence-corrected chi connectivity index (χ0v) is 19.1. The van der Waals surface area contributed by atoms with E-state index in [0.29, 0.717) is 23.3 Å². The van der Waals surface area contributed by atoms with E-state index < -0.39 is 0 Å². The fourth-order valence-electron chi connectivity index (χ4n) is 4.12. The van der Waals surface area contributed by atoms with Crippen molar-refractivity contribution in [1.82, 2.24) is 9.55 Å². The van der Waals surface area contributed by atoms with Gasteiger partial charge in [-0.3, -0.25) is 9.36 Å². The number of aromatic nitrogens is 2. The molecule has 0 amide bonds. The maximum absolute atomic E-state index is 13.7. The summed E-state index contributed by atoms with van der Waals surface area (Å²) in [6, 6.07) is 21.6. The lowest BCUT2D eigenvalue weighted by molar-refractivity contribution is 0.306. The minimum absolute atomic E-state index is 0.0756. The molecular weight excluding hydrogens is 396 g/mol. The number of para-hydroxylation sites is 2. The molecule has 4 aromatic rings. The second-order valence-corrected chi connectivity index (χ2v) is 8.34. The highest BCUT2D eigenvalue weighted by molar-refractivity contribution is 5.81. The third-order valence-electron chi connectivity index (χ3n) is 5.62. The van der Waals surface area contributed by atoms with Gasteiger partial charge in [0.15, 0.2) is 5.82 Å². The summed E-state index contributed by atoms with van der Waals surface area (Å²) >= 11 is 0. The SMILES string of the molecule is CCCCCCOc1ccccc1-c1nc2ccccc2c(=O)n1-c1cc(C)cc(C)c1. The van der Waals surface area contributed by atoms with Crippen LogP contribution in [0.2, 0.25) is 0 Å². The summed E-state index contributed by atoms with van der Waals surface area (Å²) in [6.07, 6.45) is 4.57. The zero-order valence-electron chi connectivity index (χ0n) is 19.1. The van der Waals surface area contributed by atoms with Crippen molar-refractivity contribution in [2.75, 3.05) is 6.61 Å². The van der Waals surface area contributed by atoms with Gasteiger partial charge >= 0.3 is 0 Å². The van der Waals surface area contributed by atoms with Gasteiger partial charge in [0.1, 0.15) is 5.75 Å². The fraction of sp³-hybridized carbons (Fsp3) is 0.286. The predicted molar refractivity (Wildman–Crippen MR) is 132 cm³/mol. The minimum atomic E-state index is -0.0756. The molecule has 0 saturated heterocycles. The standard InChI is InChI=1S/C28H30N2O2/c1-4-5-6-11-16-32-26-15-10-8-13-24(26)27-29-25-14-9-7-12-23(25)28(31)30(27)22-18-20(2)17-21(3)19-22/h7-10,12-15,17-19H,4-6,11,16H2,1-3H3. The molecule has 1 heterocycles. The minimum Gasteiger partial charge on any atom is -0.493 e. The van der Waals surface area contributed by atoms with E-state index in [1.807, 2.05) is 74.5 Å². The molecule has 4 heteroatoms. The molecule has 0 unspecified atom stereocenters. The molecule has 32 heavy (non-hydrogen) atoms. The first kappa shape index (κ1) is 21.8. The summed E-state index contributed by atoms with van der Waals surface area (Å²) in [7, 11) is 0. The lowest BCUT2D eigenvalue weighted by Gasteiger charge is -2.17. The van der Waals surface area contributed by atoms with E-state index in [9.17, 15) is 4.79 Å². The molecule has 0 N–H and O–H groups in total. The summed E-state index contributed by atoms with van der Waals surface area (Å²) in [4.78, 5) is 18.6. The Hall–Kier alpha value is -3.40. The average molecular weight is 427 g/mol. The van der Waals surface area contributed by atoms with Gasteiger partial charge < -0.3 is 4.74 Å². The summed E-state index contributed by atoms with van der Waals surface area (Å²) in [6.45, 7) is 6.94. The molecule has 0 bridgehead atoms. The van der Waals surface area contributed by atoms with Gasteiger partial charge in [-0.15, -0.1) is 0 Å². The van der Waals surface area contributed by atoms with Gasteiger partial charge in [0.25, 0.3) is 5.56 Å². The molecule has 0 spiro atoms. The van der Waals surface area contributed by atoms with Crippen molar-refractivity contribution in [3.8, 4) is 22.8 Å². The summed E-state index contributed by atoms with van der Waals surface area (Å²) < 4.78 is 7.90. The van der Waals surface area contributed by atoms with E-state index in [1.54, 1.807) is 4.57 Å². The van der Waals surface area contributed by atoms with Crippen molar-refractivity contribution in [2.45, 2.75) is 46.5 Å². The van der Waals surface area contributed by atoms with Crippen molar-refractivity contribution in [2.24, 2.45) is 0 Å². The second-order valence-electron chi connectivity index (χ2n) is 8.34. The number of benzene rings is 3. The number of aryl methyl sites for hydroxylation is 2. The fourth-order valence-corrected chi connectivity index (χ4v) is 4.12. The molecular formula is C28H30N2O2. The van der Waals surface area contributed by atoms with Crippen LogP contribution in [0.15, 0.2) is 71.5 Å². The highest BCUT2D eigenvalue weighted by Crippen LogP contribution is 2.31. The van der Waals surface area contributed by atoms with Crippen molar-refractivity contribution < 1.29 is 4.74 Å². The van der Waals surface area contributed by atoms with Crippen LogP contribution in [0.5, 0.6) is 5.75 Å². The summed E-state index contributed by atoms with van der Waals surface area (Å²) in [5, 5.41) is 0.605. The average Bonchev–Trinajstić information content (AvgIpc) is 2.78. The van der Waals surface area contributed by atoms with Crippen LogP contribution in [0.3, 0.4) is 0 Å². The Morgan fingerprint density at radius 3 is 2.38 bits per heavy atom. The van der Waals surface area contributed by atoms with Crippen LogP contribution in [0.25, 0.3) is 28.0 Å². The smallest absolute Gasteiger partial charge is 0.266 e. The van der Waals surface area contributed by atoms with Crippen molar-refractivity contribution >= 4 is 10.9 Å². The quantitative estimate of drug-likeness (QED) is 0.297. The number of hydrogen-bond acceptors (Lipinski definition) is 3. The Balaban J connectivity index is 1.89. The lowest BCUT2D eigenvalue weighted by Crippen LogP contribution is -2.22. The largest absolute Gasteiger partial charge is 0.493 e.